The number of alkyl halides is 1. The highest BCUT2D eigenvalue weighted by Crippen LogP contribution is 2.35. The van der Waals surface area contributed by atoms with Crippen molar-refractivity contribution in [1.29, 1.82) is 0 Å². The van der Waals surface area contributed by atoms with Gasteiger partial charge in [-0.05, 0) is 32.7 Å². The van der Waals surface area contributed by atoms with E-state index in [9.17, 15) is 0 Å². The van der Waals surface area contributed by atoms with Crippen LogP contribution in [0.25, 0.3) is 21.5 Å². The highest BCUT2D eigenvalue weighted by molar-refractivity contribution is 9.09. The summed E-state index contributed by atoms with van der Waals surface area (Å²) in [5.74, 6) is 0.340. The third kappa shape index (κ3) is 2.55. The van der Waals surface area contributed by atoms with Crippen LogP contribution in [0.1, 0.15) is 17.0 Å². The summed E-state index contributed by atoms with van der Waals surface area (Å²) >= 11 is 3.76. The Morgan fingerprint density at radius 3 is 1.48 bits per heavy atom. The molecule has 0 aliphatic rings. The second-order valence-corrected chi connectivity index (χ2v) is 6.49. The predicted octanol–water partition coefficient (Wildman–Crippen LogP) is 6.52. The standard InChI is InChI=1S/C22H17Br/c23-15-22(20-13-5-9-16-7-1-3-11-18(16)20)21-14-6-10-17-8-2-4-12-19(17)21/h1-14,22H,15H2. The summed E-state index contributed by atoms with van der Waals surface area (Å²) in [5, 5.41) is 6.20. The van der Waals surface area contributed by atoms with E-state index in [4.69, 9.17) is 0 Å². The topological polar surface area (TPSA) is 0 Å². The van der Waals surface area contributed by atoms with Crippen LogP contribution in [0.5, 0.6) is 0 Å². The number of hydrogen-bond acceptors (Lipinski definition) is 0. The van der Waals surface area contributed by atoms with Crippen LogP contribution in [0.15, 0.2) is 84.9 Å². The summed E-state index contributed by atoms with van der Waals surface area (Å²) in [6.45, 7) is 0. The highest BCUT2D eigenvalue weighted by atomic mass is 79.9. The van der Waals surface area contributed by atoms with E-state index in [1.807, 2.05) is 0 Å². The van der Waals surface area contributed by atoms with Crippen LogP contribution in [0, 0.1) is 0 Å². The molecule has 0 atom stereocenters. The van der Waals surface area contributed by atoms with Gasteiger partial charge in [0.2, 0.25) is 0 Å². The largest absolute Gasteiger partial charge is 0.0918 e. The first kappa shape index (κ1) is 14.5. The van der Waals surface area contributed by atoms with E-state index in [2.05, 4.69) is 101 Å². The molecule has 4 aromatic rings. The van der Waals surface area contributed by atoms with E-state index in [-0.39, 0.29) is 0 Å². The summed E-state index contributed by atoms with van der Waals surface area (Å²) in [7, 11) is 0. The molecule has 0 bridgehead atoms. The summed E-state index contributed by atoms with van der Waals surface area (Å²) in [6.07, 6.45) is 0. The third-order valence-electron chi connectivity index (χ3n) is 4.55. The van der Waals surface area contributed by atoms with E-state index in [0.29, 0.717) is 5.92 Å². The Hall–Kier alpha value is -2.12. The van der Waals surface area contributed by atoms with Crippen LogP contribution in [0.2, 0.25) is 0 Å². The van der Waals surface area contributed by atoms with Gasteiger partial charge in [0.25, 0.3) is 0 Å². The van der Waals surface area contributed by atoms with Crippen LogP contribution in [0.4, 0.5) is 0 Å². The summed E-state index contributed by atoms with van der Waals surface area (Å²) in [6, 6.07) is 30.5. The molecule has 0 saturated carbocycles. The Balaban J connectivity index is 1.97. The van der Waals surface area contributed by atoms with Crippen molar-refractivity contribution in [2.24, 2.45) is 0 Å². The van der Waals surface area contributed by atoms with Gasteiger partial charge in [-0.25, -0.2) is 0 Å². The van der Waals surface area contributed by atoms with Gasteiger partial charge in [-0.1, -0.05) is 101 Å². The van der Waals surface area contributed by atoms with Gasteiger partial charge in [0.05, 0.1) is 0 Å². The Labute approximate surface area is 144 Å². The lowest BCUT2D eigenvalue weighted by Crippen LogP contribution is -2.04. The minimum atomic E-state index is 0.340. The molecule has 0 nitrogen and oxygen atoms in total. The van der Waals surface area contributed by atoms with Gasteiger partial charge in [-0.15, -0.1) is 0 Å². The molecule has 4 rings (SSSR count). The summed E-state index contributed by atoms with van der Waals surface area (Å²) < 4.78 is 0. The molecule has 0 saturated heterocycles. The molecule has 4 aromatic carbocycles. The molecule has 0 N–H and O–H groups in total. The number of hydrogen-bond donors (Lipinski definition) is 0. The lowest BCUT2D eigenvalue weighted by Gasteiger charge is -2.19. The Morgan fingerprint density at radius 2 is 1.00 bits per heavy atom. The van der Waals surface area contributed by atoms with Crippen molar-refractivity contribution in [1.82, 2.24) is 0 Å². The first-order valence-electron chi connectivity index (χ1n) is 7.90. The lowest BCUT2D eigenvalue weighted by molar-refractivity contribution is 0.968. The van der Waals surface area contributed by atoms with Crippen LogP contribution in [0.3, 0.4) is 0 Å². The zero-order valence-electron chi connectivity index (χ0n) is 12.7. The number of benzene rings is 4. The van der Waals surface area contributed by atoms with Crippen molar-refractivity contribution in [2.45, 2.75) is 5.92 Å². The minimum absolute atomic E-state index is 0.340. The van der Waals surface area contributed by atoms with Crippen molar-refractivity contribution >= 4 is 37.5 Å². The maximum Gasteiger partial charge on any atom is 0.0199 e. The van der Waals surface area contributed by atoms with Gasteiger partial charge in [-0.3, -0.25) is 0 Å². The lowest BCUT2D eigenvalue weighted by atomic mass is 9.86. The molecule has 0 aromatic heterocycles. The minimum Gasteiger partial charge on any atom is -0.0918 e. The fourth-order valence-electron chi connectivity index (χ4n) is 3.44. The monoisotopic (exact) mass is 360 g/mol. The van der Waals surface area contributed by atoms with E-state index < -0.39 is 0 Å². The van der Waals surface area contributed by atoms with Crippen molar-refractivity contribution in [2.75, 3.05) is 5.33 Å². The molecule has 0 radical (unpaired) electrons. The molecular weight excluding hydrogens is 344 g/mol. The second kappa shape index (κ2) is 6.17. The quantitative estimate of drug-likeness (QED) is 0.365. The van der Waals surface area contributed by atoms with Gasteiger partial charge in [0, 0.05) is 11.2 Å². The Kier molecular flexibility index (Phi) is 3.88. The predicted molar refractivity (Wildman–Crippen MR) is 104 cm³/mol. The Morgan fingerprint density at radius 1 is 0.565 bits per heavy atom. The van der Waals surface area contributed by atoms with E-state index in [1.54, 1.807) is 0 Å². The zero-order valence-corrected chi connectivity index (χ0v) is 14.3. The van der Waals surface area contributed by atoms with Crippen LogP contribution in [-0.4, -0.2) is 5.33 Å². The molecule has 0 spiro atoms. The molecule has 23 heavy (non-hydrogen) atoms. The molecule has 0 aliphatic carbocycles. The third-order valence-corrected chi connectivity index (χ3v) is 5.20. The van der Waals surface area contributed by atoms with Crippen LogP contribution >= 0.6 is 15.9 Å². The number of rotatable bonds is 3. The van der Waals surface area contributed by atoms with Gasteiger partial charge < -0.3 is 0 Å². The van der Waals surface area contributed by atoms with Crippen LogP contribution < -0.4 is 0 Å². The molecule has 0 fully saturated rings. The molecule has 1 heteroatoms. The van der Waals surface area contributed by atoms with E-state index in [1.165, 1.54) is 32.7 Å². The normalized spacial score (nSPS) is 11.4. The van der Waals surface area contributed by atoms with Gasteiger partial charge >= 0.3 is 0 Å². The summed E-state index contributed by atoms with van der Waals surface area (Å²) in [4.78, 5) is 0. The van der Waals surface area contributed by atoms with Crippen molar-refractivity contribution in [3.05, 3.63) is 96.1 Å². The molecule has 112 valence electrons. The number of fused-ring (bicyclic) bond motifs is 2. The SMILES string of the molecule is BrCC(c1cccc2ccccc12)c1cccc2ccccc12. The summed E-state index contributed by atoms with van der Waals surface area (Å²) in [5.41, 5.74) is 2.77. The first-order chi connectivity index (χ1) is 11.4. The fraction of sp³-hybridized carbons (Fsp3) is 0.0909. The molecular formula is C22H17Br. The maximum atomic E-state index is 3.76. The van der Waals surface area contributed by atoms with E-state index >= 15 is 0 Å². The van der Waals surface area contributed by atoms with Crippen molar-refractivity contribution in [3.8, 4) is 0 Å². The first-order valence-corrected chi connectivity index (χ1v) is 9.02. The van der Waals surface area contributed by atoms with Gasteiger partial charge in [0.1, 0.15) is 0 Å². The Bertz CT molecular complexity index is 882. The molecule has 0 aliphatic heterocycles. The number of halogens is 1. The van der Waals surface area contributed by atoms with E-state index in [0.717, 1.165) is 5.33 Å². The van der Waals surface area contributed by atoms with Gasteiger partial charge in [-0.2, -0.15) is 0 Å². The second-order valence-electron chi connectivity index (χ2n) is 5.84. The highest BCUT2D eigenvalue weighted by Gasteiger charge is 2.17. The zero-order chi connectivity index (χ0) is 15.6. The van der Waals surface area contributed by atoms with Gasteiger partial charge in [0.15, 0.2) is 0 Å². The molecule has 0 heterocycles. The smallest absolute Gasteiger partial charge is 0.0199 e. The molecule has 0 amide bonds. The average Bonchev–Trinajstić information content (AvgIpc) is 2.63. The van der Waals surface area contributed by atoms with Crippen LogP contribution in [-0.2, 0) is 0 Å². The van der Waals surface area contributed by atoms with Crippen molar-refractivity contribution in [3.63, 3.8) is 0 Å². The maximum absolute atomic E-state index is 3.76. The molecule has 0 unspecified atom stereocenters. The van der Waals surface area contributed by atoms with Crippen molar-refractivity contribution < 1.29 is 0 Å². The fourth-order valence-corrected chi connectivity index (χ4v) is 4.14. The average molecular weight is 361 g/mol.